The van der Waals surface area contributed by atoms with Crippen molar-refractivity contribution in [2.45, 2.75) is 45.7 Å². The van der Waals surface area contributed by atoms with Crippen molar-refractivity contribution in [2.75, 3.05) is 11.9 Å². The molecule has 1 amide bonds. The van der Waals surface area contributed by atoms with Crippen molar-refractivity contribution in [3.63, 3.8) is 0 Å². The van der Waals surface area contributed by atoms with E-state index in [9.17, 15) is 4.79 Å². The van der Waals surface area contributed by atoms with Crippen LogP contribution in [0.15, 0.2) is 36.5 Å². The van der Waals surface area contributed by atoms with E-state index in [1.807, 2.05) is 31.3 Å². The fourth-order valence-electron chi connectivity index (χ4n) is 3.35. The van der Waals surface area contributed by atoms with E-state index >= 15 is 0 Å². The Labute approximate surface area is 143 Å². The lowest BCUT2D eigenvalue weighted by Crippen LogP contribution is -2.39. The van der Waals surface area contributed by atoms with Crippen LogP contribution in [0.2, 0.25) is 0 Å². The van der Waals surface area contributed by atoms with Crippen LogP contribution in [0.1, 0.15) is 43.8 Å². The molecule has 0 radical (unpaired) electrons. The minimum Gasteiger partial charge on any atom is -0.326 e. The molecule has 24 heavy (non-hydrogen) atoms. The van der Waals surface area contributed by atoms with Crippen LogP contribution < -0.4 is 5.32 Å². The van der Waals surface area contributed by atoms with Gasteiger partial charge in [0.2, 0.25) is 5.91 Å². The largest absolute Gasteiger partial charge is 0.326 e. The Morgan fingerprint density at radius 1 is 1.29 bits per heavy atom. The average molecular weight is 324 g/mol. The summed E-state index contributed by atoms with van der Waals surface area (Å²) in [6, 6.07) is 9.98. The molecule has 0 saturated carbocycles. The Hall–Kier alpha value is -2.27. The molecule has 1 aromatic heterocycles. The minimum absolute atomic E-state index is 0.0496. The highest BCUT2D eigenvalue weighted by molar-refractivity contribution is 5.88. The zero-order chi connectivity index (χ0) is 17.2. The number of hydrogen-bond acceptors (Lipinski definition) is 4. The number of carbonyl (C=O) groups excluding carboxylic acids is 1. The van der Waals surface area contributed by atoms with Crippen LogP contribution in [-0.2, 0) is 16.9 Å². The molecule has 0 aliphatic carbocycles. The molecule has 1 fully saturated rings. The van der Waals surface area contributed by atoms with Crippen molar-refractivity contribution in [1.82, 2.24) is 14.9 Å². The van der Waals surface area contributed by atoms with Gasteiger partial charge in [-0.2, -0.15) is 0 Å². The van der Waals surface area contributed by atoms with Gasteiger partial charge in [-0.15, -0.1) is 0 Å². The van der Waals surface area contributed by atoms with Gasteiger partial charge >= 0.3 is 0 Å². The normalized spacial score (nSPS) is 21.0. The molecular formula is C19H24N4O. The summed E-state index contributed by atoms with van der Waals surface area (Å²) in [5.41, 5.74) is 2.94. The van der Waals surface area contributed by atoms with Crippen molar-refractivity contribution in [2.24, 2.45) is 0 Å². The smallest absolute Gasteiger partial charge is 0.221 e. The molecule has 0 bridgehead atoms. The van der Waals surface area contributed by atoms with Crippen molar-refractivity contribution in [3.8, 4) is 0 Å². The molecule has 1 N–H and O–H groups in total. The summed E-state index contributed by atoms with van der Waals surface area (Å²) in [5.74, 6) is 0.862. The van der Waals surface area contributed by atoms with Crippen LogP contribution in [0.5, 0.6) is 0 Å². The second-order valence-electron chi connectivity index (χ2n) is 6.70. The Bertz CT molecular complexity index is 728. The summed E-state index contributed by atoms with van der Waals surface area (Å²) in [7, 11) is 0. The maximum Gasteiger partial charge on any atom is 0.221 e. The molecule has 0 spiro atoms. The maximum atomic E-state index is 11.1. The van der Waals surface area contributed by atoms with Crippen LogP contribution in [0.25, 0.3) is 0 Å². The molecule has 1 aliphatic heterocycles. The van der Waals surface area contributed by atoms with Crippen LogP contribution in [0, 0.1) is 6.92 Å². The second-order valence-corrected chi connectivity index (χ2v) is 6.70. The van der Waals surface area contributed by atoms with E-state index in [2.05, 4.69) is 39.2 Å². The highest BCUT2D eigenvalue weighted by Gasteiger charge is 2.40. The number of aryl methyl sites for hydroxylation is 1. The molecule has 3 rings (SSSR count). The highest BCUT2D eigenvalue weighted by Crippen LogP contribution is 2.37. The van der Waals surface area contributed by atoms with Gasteiger partial charge in [0.15, 0.2) is 0 Å². The Morgan fingerprint density at radius 3 is 2.71 bits per heavy atom. The van der Waals surface area contributed by atoms with Gasteiger partial charge in [0.05, 0.1) is 5.54 Å². The first-order valence-electron chi connectivity index (χ1n) is 8.39. The van der Waals surface area contributed by atoms with Gasteiger partial charge in [-0.05, 0) is 57.0 Å². The Balaban J connectivity index is 1.77. The first kappa shape index (κ1) is 16.6. The molecule has 1 unspecified atom stereocenters. The summed E-state index contributed by atoms with van der Waals surface area (Å²) in [6.07, 6.45) is 4.07. The van der Waals surface area contributed by atoms with E-state index in [4.69, 9.17) is 0 Å². The van der Waals surface area contributed by atoms with Gasteiger partial charge in [-0.3, -0.25) is 9.69 Å². The Kier molecular flexibility index (Phi) is 4.62. The number of anilines is 1. The quantitative estimate of drug-likeness (QED) is 0.938. The third-order valence-corrected chi connectivity index (χ3v) is 4.71. The Morgan fingerprint density at radius 2 is 2.04 bits per heavy atom. The third-order valence-electron chi connectivity index (χ3n) is 4.71. The average Bonchev–Trinajstić information content (AvgIpc) is 2.91. The van der Waals surface area contributed by atoms with Crippen molar-refractivity contribution < 1.29 is 4.79 Å². The molecule has 126 valence electrons. The molecule has 2 heterocycles. The third kappa shape index (κ3) is 3.46. The SMILES string of the molecule is CC(=O)Nc1ccc(CN2CCCC2(C)c2nccc(C)n2)cc1. The van der Waals surface area contributed by atoms with E-state index in [-0.39, 0.29) is 11.4 Å². The summed E-state index contributed by atoms with van der Waals surface area (Å²) < 4.78 is 0. The fourth-order valence-corrected chi connectivity index (χ4v) is 3.35. The van der Waals surface area contributed by atoms with E-state index in [1.54, 1.807) is 0 Å². The van der Waals surface area contributed by atoms with Crippen LogP contribution >= 0.6 is 0 Å². The van der Waals surface area contributed by atoms with E-state index < -0.39 is 0 Å². The summed E-state index contributed by atoms with van der Waals surface area (Å²) >= 11 is 0. The zero-order valence-corrected chi connectivity index (χ0v) is 14.5. The molecule has 1 saturated heterocycles. The number of benzene rings is 1. The van der Waals surface area contributed by atoms with Gasteiger partial charge in [-0.25, -0.2) is 9.97 Å². The number of aromatic nitrogens is 2. The number of nitrogens with zero attached hydrogens (tertiary/aromatic N) is 3. The van der Waals surface area contributed by atoms with Crippen molar-refractivity contribution in [3.05, 3.63) is 53.6 Å². The lowest BCUT2D eigenvalue weighted by Gasteiger charge is -2.34. The fraction of sp³-hybridized carbons (Fsp3) is 0.421. The molecule has 5 heteroatoms. The molecule has 5 nitrogen and oxygen atoms in total. The number of amides is 1. The molecular weight excluding hydrogens is 300 g/mol. The van der Waals surface area contributed by atoms with Gasteiger partial charge < -0.3 is 5.32 Å². The topological polar surface area (TPSA) is 58.1 Å². The van der Waals surface area contributed by atoms with Gasteiger partial charge in [0.1, 0.15) is 5.82 Å². The second kappa shape index (κ2) is 6.69. The zero-order valence-electron chi connectivity index (χ0n) is 14.5. The number of hydrogen-bond donors (Lipinski definition) is 1. The lowest BCUT2D eigenvalue weighted by atomic mass is 9.97. The first-order valence-corrected chi connectivity index (χ1v) is 8.39. The van der Waals surface area contributed by atoms with E-state index in [0.29, 0.717) is 0 Å². The highest BCUT2D eigenvalue weighted by atomic mass is 16.1. The lowest BCUT2D eigenvalue weighted by molar-refractivity contribution is -0.114. The first-order chi connectivity index (χ1) is 11.5. The summed E-state index contributed by atoms with van der Waals surface area (Å²) in [6.45, 7) is 7.66. The minimum atomic E-state index is -0.123. The van der Waals surface area contributed by atoms with E-state index in [0.717, 1.165) is 43.1 Å². The van der Waals surface area contributed by atoms with Crippen molar-refractivity contribution in [1.29, 1.82) is 0 Å². The van der Waals surface area contributed by atoms with Crippen LogP contribution in [0.3, 0.4) is 0 Å². The predicted octanol–water partition coefficient (Wildman–Crippen LogP) is 3.25. The number of rotatable bonds is 4. The monoisotopic (exact) mass is 324 g/mol. The van der Waals surface area contributed by atoms with Gasteiger partial charge in [0.25, 0.3) is 0 Å². The predicted molar refractivity (Wildman–Crippen MR) is 94.5 cm³/mol. The van der Waals surface area contributed by atoms with Gasteiger partial charge in [0, 0.05) is 31.0 Å². The summed E-state index contributed by atoms with van der Waals surface area (Å²) in [4.78, 5) is 22.8. The standard InChI is InChI=1S/C19H24N4O/c1-14-9-11-20-18(21-14)19(3)10-4-12-23(19)13-16-5-7-17(8-6-16)22-15(2)24/h5-9,11H,4,10,12-13H2,1-3H3,(H,22,24). The molecule has 1 aromatic carbocycles. The van der Waals surface area contributed by atoms with Crippen molar-refractivity contribution >= 4 is 11.6 Å². The van der Waals surface area contributed by atoms with E-state index in [1.165, 1.54) is 12.5 Å². The molecule has 1 aliphatic rings. The van der Waals surface area contributed by atoms with Crippen LogP contribution in [-0.4, -0.2) is 27.3 Å². The van der Waals surface area contributed by atoms with Crippen LogP contribution in [0.4, 0.5) is 5.69 Å². The molecule has 1 atom stereocenters. The van der Waals surface area contributed by atoms with Gasteiger partial charge in [-0.1, -0.05) is 12.1 Å². The summed E-state index contributed by atoms with van der Waals surface area (Å²) in [5, 5.41) is 2.80. The molecule has 2 aromatic rings. The number of carbonyl (C=O) groups is 1. The maximum absolute atomic E-state index is 11.1. The number of nitrogens with one attached hydrogen (secondary N) is 1. The number of likely N-dealkylation sites (tertiary alicyclic amines) is 1.